The Labute approximate surface area is 105 Å². The predicted octanol–water partition coefficient (Wildman–Crippen LogP) is 2.31. The number of aliphatic hydroxyl groups excluding tert-OH is 1. The van der Waals surface area contributed by atoms with E-state index in [1.165, 1.54) is 0 Å². The van der Waals surface area contributed by atoms with Gasteiger partial charge in [-0.2, -0.15) is 0 Å². The monoisotopic (exact) mass is 263 g/mol. The van der Waals surface area contributed by atoms with Crippen LogP contribution in [0.4, 0.5) is 0 Å². The fourth-order valence-electron chi connectivity index (χ4n) is 1.26. The minimum Gasteiger partial charge on any atom is -0.489 e. The highest BCUT2D eigenvalue weighted by Crippen LogP contribution is 2.35. The molecule has 0 aromatic heterocycles. The molecule has 1 atom stereocenters. The van der Waals surface area contributed by atoms with Crippen molar-refractivity contribution in [1.29, 1.82) is 0 Å². The number of hydrogen-bond donors (Lipinski definition) is 2. The Morgan fingerprint density at radius 1 is 1.38 bits per heavy atom. The van der Waals surface area contributed by atoms with Crippen LogP contribution in [0, 0.1) is 13.8 Å². The zero-order chi connectivity index (χ0) is 12.3. The molecule has 0 saturated heterocycles. The lowest BCUT2D eigenvalue weighted by atomic mass is 10.1. The third-order valence-electron chi connectivity index (χ3n) is 2.27. The third-order valence-corrected chi connectivity index (χ3v) is 3.32. The van der Waals surface area contributed by atoms with Crippen LogP contribution in [-0.4, -0.2) is 24.4 Å². The Hall–Kier alpha value is -0.480. The van der Waals surface area contributed by atoms with Crippen molar-refractivity contribution in [3.63, 3.8) is 0 Å². The molecule has 5 heteroatoms. The van der Waals surface area contributed by atoms with Crippen molar-refractivity contribution < 1.29 is 9.84 Å². The van der Waals surface area contributed by atoms with Crippen molar-refractivity contribution in [3.05, 3.63) is 27.2 Å². The molecule has 16 heavy (non-hydrogen) atoms. The fraction of sp³-hybridized carbons (Fsp3) is 0.455. The van der Waals surface area contributed by atoms with Crippen LogP contribution in [0.15, 0.2) is 6.07 Å². The maximum Gasteiger partial charge on any atom is 0.138 e. The standard InChI is InChI=1S/C11H15Cl2NO2/c1-6-3-9(16-5-8(15)4-14)11(13)7(2)10(6)12/h3,8,15H,4-5,14H2,1-2H3. The van der Waals surface area contributed by atoms with Crippen molar-refractivity contribution in [2.45, 2.75) is 20.0 Å². The summed E-state index contributed by atoms with van der Waals surface area (Å²) in [5.74, 6) is 0.522. The molecule has 0 aliphatic carbocycles. The highest BCUT2D eigenvalue weighted by Gasteiger charge is 2.12. The summed E-state index contributed by atoms with van der Waals surface area (Å²) in [6.45, 7) is 3.97. The van der Waals surface area contributed by atoms with Crippen LogP contribution >= 0.6 is 23.2 Å². The molecule has 1 aromatic carbocycles. The van der Waals surface area contributed by atoms with Crippen LogP contribution in [0.25, 0.3) is 0 Å². The van der Waals surface area contributed by atoms with Gasteiger partial charge < -0.3 is 15.6 Å². The van der Waals surface area contributed by atoms with Gasteiger partial charge in [-0.05, 0) is 31.0 Å². The largest absolute Gasteiger partial charge is 0.489 e. The predicted molar refractivity (Wildman–Crippen MR) is 66.5 cm³/mol. The Balaban J connectivity index is 2.89. The topological polar surface area (TPSA) is 55.5 Å². The molecule has 3 N–H and O–H groups in total. The van der Waals surface area contributed by atoms with Crippen molar-refractivity contribution in [3.8, 4) is 5.75 Å². The SMILES string of the molecule is Cc1cc(OCC(O)CN)c(Cl)c(C)c1Cl. The van der Waals surface area contributed by atoms with E-state index in [1.807, 2.05) is 13.8 Å². The Kier molecular flexibility index (Phi) is 4.87. The van der Waals surface area contributed by atoms with Gasteiger partial charge in [0, 0.05) is 11.6 Å². The quantitative estimate of drug-likeness (QED) is 0.877. The molecule has 1 rings (SSSR count). The number of rotatable bonds is 4. The second-order valence-electron chi connectivity index (χ2n) is 3.65. The first kappa shape index (κ1) is 13.6. The van der Waals surface area contributed by atoms with Gasteiger partial charge in [0.25, 0.3) is 0 Å². The lowest BCUT2D eigenvalue weighted by Crippen LogP contribution is -2.26. The molecule has 3 nitrogen and oxygen atoms in total. The maximum absolute atomic E-state index is 9.28. The van der Waals surface area contributed by atoms with Gasteiger partial charge in [0.2, 0.25) is 0 Å². The van der Waals surface area contributed by atoms with E-state index in [0.717, 1.165) is 11.1 Å². The van der Waals surface area contributed by atoms with E-state index in [0.29, 0.717) is 15.8 Å². The average molecular weight is 264 g/mol. The molecular weight excluding hydrogens is 249 g/mol. The number of ether oxygens (including phenoxy) is 1. The molecule has 0 spiro atoms. The number of halogens is 2. The summed E-state index contributed by atoms with van der Waals surface area (Å²) in [4.78, 5) is 0. The van der Waals surface area contributed by atoms with Crippen molar-refractivity contribution >= 4 is 23.2 Å². The molecule has 0 fully saturated rings. The maximum atomic E-state index is 9.28. The van der Waals surface area contributed by atoms with E-state index < -0.39 is 6.10 Å². The van der Waals surface area contributed by atoms with Crippen LogP contribution < -0.4 is 10.5 Å². The second kappa shape index (κ2) is 5.73. The Morgan fingerprint density at radius 2 is 2.00 bits per heavy atom. The third kappa shape index (κ3) is 3.01. The summed E-state index contributed by atoms with van der Waals surface area (Å²) < 4.78 is 5.39. The normalized spacial score (nSPS) is 12.6. The lowest BCUT2D eigenvalue weighted by molar-refractivity contribution is 0.114. The minimum absolute atomic E-state index is 0.122. The lowest BCUT2D eigenvalue weighted by Gasteiger charge is -2.14. The van der Waals surface area contributed by atoms with Crippen molar-refractivity contribution in [1.82, 2.24) is 0 Å². The average Bonchev–Trinajstić information content (AvgIpc) is 2.28. The van der Waals surface area contributed by atoms with E-state index in [4.69, 9.17) is 33.7 Å². The Morgan fingerprint density at radius 3 is 2.56 bits per heavy atom. The first-order valence-electron chi connectivity index (χ1n) is 4.93. The van der Waals surface area contributed by atoms with E-state index >= 15 is 0 Å². The summed E-state index contributed by atoms with van der Waals surface area (Å²) in [5.41, 5.74) is 6.94. The summed E-state index contributed by atoms with van der Waals surface area (Å²) >= 11 is 12.1. The molecule has 0 bridgehead atoms. The molecule has 0 saturated carbocycles. The minimum atomic E-state index is -0.688. The highest BCUT2D eigenvalue weighted by atomic mass is 35.5. The van der Waals surface area contributed by atoms with Crippen LogP contribution in [-0.2, 0) is 0 Å². The summed E-state index contributed by atoms with van der Waals surface area (Å²) in [5, 5.41) is 10.4. The molecule has 0 aliphatic rings. The molecule has 1 aromatic rings. The van der Waals surface area contributed by atoms with Crippen molar-refractivity contribution in [2.24, 2.45) is 5.73 Å². The molecular formula is C11H15Cl2NO2. The fourth-order valence-corrected chi connectivity index (χ4v) is 1.66. The molecule has 0 heterocycles. The number of aryl methyl sites for hydroxylation is 1. The summed E-state index contributed by atoms with van der Waals surface area (Å²) in [6.07, 6.45) is -0.688. The summed E-state index contributed by atoms with van der Waals surface area (Å²) in [7, 11) is 0. The van der Waals surface area contributed by atoms with Gasteiger partial charge in [-0.25, -0.2) is 0 Å². The highest BCUT2D eigenvalue weighted by molar-refractivity contribution is 6.37. The van der Waals surface area contributed by atoms with E-state index in [-0.39, 0.29) is 13.2 Å². The number of hydrogen-bond acceptors (Lipinski definition) is 3. The zero-order valence-electron chi connectivity index (χ0n) is 9.26. The smallest absolute Gasteiger partial charge is 0.138 e. The van der Waals surface area contributed by atoms with Gasteiger partial charge in [-0.1, -0.05) is 23.2 Å². The first-order valence-corrected chi connectivity index (χ1v) is 5.69. The number of benzene rings is 1. The molecule has 0 radical (unpaired) electrons. The van der Waals surface area contributed by atoms with Crippen LogP contribution in [0.2, 0.25) is 10.0 Å². The van der Waals surface area contributed by atoms with Crippen LogP contribution in [0.3, 0.4) is 0 Å². The van der Waals surface area contributed by atoms with Crippen molar-refractivity contribution in [2.75, 3.05) is 13.2 Å². The molecule has 90 valence electrons. The van der Waals surface area contributed by atoms with Crippen LogP contribution in [0.5, 0.6) is 5.75 Å². The van der Waals surface area contributed by atoms with Gasteiger partial charge >= 0.3 is 0 Å². The zero-order valence-corrected chi connectivity index (χ0v) is 10.8. The van der Waals surface area contributed by atoms with Crippen LogP contribution in [0.1, 0.15) is 11.1 Å². The number of nitrogens with two attached hydrogens (primary N) is 1. The van der Waals surface area contributed by atoms with E-state index in [9.17, 15) is 5.11 Å². The van der Waals surface area contributed by atoms with Gasteiger partial charge in [0.05, 0.1) is 5.02 Å². The molecule has 0 aliphatic heterocycles. The van der Waals surface area contributed by atoms with Gasteiger partial charge in [-0.15, -0.1) is 0 Å². The second-order valence-corrected chi connectivity index (χ2v) is 4.40. The van der Waals surface area contributed by atoms with E-state index in [2.05, 4.69) is 0 Å². The molecule has 1 unspecified atom stereocenters. The van der Waals surface area contributed by atoms with E-state index in [1.54, 1.807) is 6.07 Å². The van der Waals surface area contributed by atoms with Gasteiger partial charge in [-0.3, -0.25) is 0 Å². The van der Waals surface area contributed by atoms with Gasteiger partial charge in [0.1, 0.15) is 18.5 Å². The molecule has 0 amide bonds. The first-order chi connectivity index (χ1) is 7.47. The number of aliphatic hydroxyl groups is 1. The summed E-state index contributed by atoms with van der Waals surface area (Å²) in [6, 6.07) is 1.75. The van der Waals surface area contributed by atoms with Gasteiger partial charge in [0.15, 0.2) is 0 Å². The Bertz CT molecular complexity index is 383.